The molecule has 1 aromatic carbocycles. The summed E-state index contributed by atoms with van der Waals surface area (Å²) in [4.78, 5) is 13.9. The van der Waals surface area contributed by atoms with Crippen molar-refractivity contribution in [2.45, 2.75) is 33.7 Å². The first-order chi connectivity index (χ1) is 9.25. The fourth-order valence-electron chi connectivity index (χ4n) is 1.73. The number of benzene rings is 1. The number of hydrogen-bond donors (Lipinski definition) is 0. The molecule has 0 saturated heterocycles. The van der Waals surface area contributed by atoms with Crippen molar-refractivity contribution in [1.82, 2.24) is 4.90 Å². The minimum Gasteiger partial charge on any atom is -0.339 e. The lowest BCUT2D eigenvalue weighted by Gasteiger charge is -2.34. The zero-order valence-electron chi connectivity index (χ0n) is 12.8. The van der Waals surface area contributed by atoms with Crippen molar-refractivity contribution in [2.75, 3.05) is 7.05 Å². The van der Waals surface area contributed by atoms with Crippen LogP contribution in [0.1, 0.15) is 38.8 Å². The molecule has 1 amide bonds. The van der Waals surface area contributed by atoms with Crippen LogP contribution in [0.15, 0.2) is 30.3 Å². The third-order valence-corrected chi connectivity index (χ3v) is 3.64. The largest absolute Gasteiger partial charge is 0.339 e. The number of nitrogens with zero attached hydrogens (tertiary/aromatic N) is 2. The number of rotatable bonds is 3. The summed E-state index contributed by atoms with van der Waals surface area (Å²) < 4.78 is 0. The number of likely N-dealkylation sites (N-methyl/N-ethyl adjacent to an activating group) is 1. The molecular formula is C17H22N2O. The zero-order chi connectivity index (χ0) is 15.3. The lowest BCUT2D eigenvalue weighted by Crippen LogP contribution is -2.42. The van der Waals surface area contributed by atoms with E-state index < -0.39 is 0 Å². The van der Waals surface area contributed by atoms with Gasteiger partial charge in [0.1, 0.15) is 0 Å². The van der Waals surface area contributed by atoms with Crippen molar-refractivity contribution >= 4 is 12.0 Å². The summed E-state index contributed by atoms with van der Waals surface area (Å²) in [5.74, 6) is -0.0169. The van der Waals surface area contributed by atoms with E-state index >= 15 is 0 Å². The van der Waals surface area contributed by atoms with Gasteiger partial charge in [0.25, 0.3) is 0 Å². The van der Waals surface area contributed by atoms with Crippen LogP contribution in [0.3, 0.4) is 0 Å². The van der Waals surface area contributed by atoms with E-state index in [0.717, 1.165) is 5.56 Å². The van der Waals surface area contributed by atoms with E-state index in [2.05, 4.69) is 26.8 Å². The molecule has 0 saturated carbocycles. The molecule has 3 heteroatoms. The molecule has 0 fully saturated rings. The van der Waals surface area contributed by atoms with Gasteiger partial charge >= 0.3 is 0 Å². The third kappa shape index (κ3) is 4.24. The molecule has 0 aliphatic heterocycles. The summed E-state index contributed by atoms with van der Waals surface area (Å²) in [7, 11) is 1.82. The van der Waals surface area contributed by atoms with Gasteiger partial charge in [0.05, 0.1) is 11.6 Å². The van der Waals surface area contributed by atoms with E-state index in [-0.39, 0.29) is 17.4 Å². The second-order valence-electron chi connectivity index (χ2n) is 6.06. The Labute approximate surface area is 121 Å². The van der Waals surface area contributed by atoms with Crippen LogP contribution in [0.4, 0.5) is 0 Å². The fraction of sp³-hybridized carbons (Fsp3) is 0.412. The average Bonchev–Trinajstić information content (AvgIpc) is 2.42. The maximum absolute atomic E-state index is 12.1. The lowest BCUT2D eigenvalue weighted by molar-refractivity contribution is -0.128. The molecule has 106 valence electrons. The molecule has 0 spiro atoms. The Morgan fingerprint density at radius 3 is 2.30 bits per heavy atom. The van der Waals surface area contributed by atoms with Gasteiger partial charge in [-0.05, 0) is 36.1 Å². The van der Waals surface area contributed by atoms with Gasteiger partial charge in [-0.3, -0.25) is 4.79 Å². The summed E-state index contributed by atoms with van der Waals surface area (Å²) in [6.45, 7) is 8.40. The molecule has 1 atom stereocenters. The number of carbonyl (C=O) groups is 1. The summed E-state index contributed by atoms with van der Waals surface area (Å²) >= 11 is 0. The van der Waals surface area contributed by atoms with Crippen LogP contribution in [-0.4, -0.2) is 23.9 Å². The first kappa shape index (κ1) is 16.0. The highest BCUT2D eigenvalue weighted by molar-refractivity contribution is 5.91. The van der Waals surface area contributed by atoms with E-state index in [1.807, 2.05) is 26.1 Å². The molecule has 0 aliphatic carbocycles. The number of hydrogen-bond acceptors (Lipinski definition) is 2. The highest BCUT2D eigenvalue weighted by Crippen LogP contribution is 2.23. The first-order valence-electron chi connectivity index (χ1n) is 6.70. The SMILES string of the molecule is CC(N(C)C(=O)C=Cc1ccc(C#N)cc1)C(C)(C)C. The van der Waals surface area contributed by atoms with Crippen molar-refractivity contribution in [2.24, 2.45) is 5.41 Å². The minimum absolute atomic E-state index is 0.0169. The van der Waals surface area contributed by atoms with Crippen molar-refractivity contribution in [3.05, 3.63) is 41.5 Å². The molecule has 1 unspecified atom stereocenters. The van der Waals surface area contributed by atoms with E-state index in [9.17, 15) is 4.79 Å². The van der Waals surface area contributed by atoms with Crippen molar-refractivity contribution in [1.29, 1.82) is 5.26 Å². The van der Waals surface area contributed by atoms with Crippen LogP contribution < -0.4 is 0 Å². The van der Waals surface area contributed by atoms with Crippen LogP contribution in [0.25, 0.3) is 6.08 Å². The molecule has 0 bridgehead atoms. The fourth-order valence-corrected chi connectivity index (χ4v) is 1.73. The van der Waals surface area contributed by atoms with Gasteiger partial charge in [-0.1, -0.05) is 32.9 Å². The number of amides is 1. The minimum atomic E-state index is -0.0169. The van der Waals surface area contributed by atoms with E-state index in [4.69, 9.17) is 5.26 Å². The predicted molar refractivity (Wildman–Crippen MR) is 81.9 cm³/mol. The topological polar surface area (TPSA) is 44.1 Å². The molecule has 3 nitrogen and oxygen atoms in total. The standard InChI is InChI=1S/C17H22N2O/c1-13(17(2,3)4)19(5)16(20)11-10-14-6-8-15(12-18)9-7-14/h6-11,13H,1-5H3. The second-order valence-corrected chi connectivity index (χ2v) is 6.06. The monoisotopic (exact) mass is 270 g/mol. The third-order valence-electron chi connectivity index (χ3n) is 3.64. The molecule has 20 heavy (non-hydrogen) atoms. The predicted octanol–water partition coefficient (Wildman–Crippen LogP) is 3.46. The van der Waals surface area contributed by atoms with Crippen LogP contribution in [0.5, 0.6) is 0 Å². The Hall–Kier alpha value is -2.08. The van der Waals surface area contributed by atoms with Gasteiger partial charge in [0.2, 0.25) is 5.91 Å². The van der Waals surface area contributed by atoms with Gasteiger partial charge in [0, 0.05) is 19.2 Å². The Morgan fingerprint density at radius 2 is 1.85 bits per heavy atom. The second kappa shape index (κ2) is 6.38. The maximum Gasteiger partial charge on any atom is 0.246 e. The van der Waals surface area contributed by atoms with Crippen LogP contribution in [0.2, 0.25) is 0 Å². The molecular weight excluding hydrogens is 248 g/mol. The molecule has 0 N–H and O–H groups in total. The van der Waals surface area contributed by atoms with Crippen LogP contribution in [-0.2, 0) is 4.79 Å². The van der Waals surface area contributed by atoms with Gasteiger partial charge in [-0.2, -0.15) is 5.26 Å². The Bertz CT molecular complexity index is 530. The quantitative estimate of drug-likeness (QED) is 0.789. The highest BCUT2D eigenvalue weighted by Gasteiger charge is 2.25. The Morgan fingerprint density at radius 1 is 1.30 bits per heavy atom. The van der Waals surface area contributed by atoms with Crippen molar-refractivity contribution in [3.8, 4) is 6.07 Å². The zero-order valence-corrected chi connectivity index (χ0v) is 12.8. The summed E-state index contributed by atoms with van der Waals surface area (Å²) in [5.41, 5.74) is 1.58. The Balaban J connectivity index is 2.74. The summed E-state index contributed by atoms with van der Waals surface area (Å²) in [5, 5.41) is 8.73. The smallest absolute Gasteiger partial charge is 0.246 e. The molecule has 0 radical (unpaired) electrons. The normalized spacial score (nSPS) is 13.0. The summed E-state index contributed by atoms with van der Waals surface area (Å²) in [6, 6.07) is 9.36. The number of carbonyl (C=O) groups excluding carboxylic acids is 1. The van der Waals surface area contributed by atoms with Gasteiger partial charge in [-0.15, -0.1) is 0 Å². The summed E-state index contributed by atoms with van der Waals surface area (Å²) in [6.07, 6.45) is 3.35. The Kier molecular flexibility index (Phi) is 5.10. The van der Waals surface area contributed by atoms with E-state index in [1.54, 1.807) is 29.2 Å². The lowest BCUT2D eigenvalue weighted by atomic mass is 9.87. The highest BCUT2D eigenvalue weighted by atomic mass is 16.2. The molecule has 0 heterocycles. The van der Waals surface area contributed by atoms with Crippen LogP contribution in [0, 0.1) is 16.7 Å². The van der Waals surface area contributed by atoms with Crippen molar-refractivity contribution in [3.63, 3.8) is 0 Å². The molecule has 0 aromatic heterocycles. The number of nitriles is 1. The molecule has 1 aromatic rings. The van der Waals surface area contributed by atoms with E-state index in [1.165, 1.54) is 0 Å². The van der Waals surface area contributed by atoms with Gasteiger partial charge in [0.15, 0.2) is 0 Å². The van der Waals surface area contributed by atoms with Gasteiger partial charge in [-0.25, -0.2) is 0 Å². The average molecular weight is 270 g/mol. The molecule has 1 rings (SSSR count). The van der Waals surface area contributed by atoms with Crippen LogP contribution >= 0.6 is 0 Å². The maximum atomic E-state index is 12.1. The first-order valence-corrected chi connectivity index (χ1v) is 6.70. The van der Waals surface area contributed by atoms with Gasteiger partial charge < -0.3 is 4.90 Å². The van der Waals surface area contributed by atoms with E-state index in [0.29, 0.717) is 5.56 Å². The molecule has 0 aliphatic rings. The van der Waals surface area contributed by atoms with Crippen molar-refractivity contribution < 1.29 is 4.79 Å².